The van der Waals surface area contributed by atoms with E-state index in [-0.39, 0.29) is 5.82 Å². The summed E-state index contributed by atoms with van der Waals surface area (Å²) in [5.74, 6) is -0.508. The fraction of sp³-hybridized carbons (Fsp3) is 0.600. The molecular weight excluding hydrogens is 344 g/mol. The van der Waals surface area contributed by atoms with E-state index in [9.17, 15) is 20.1 Å². The molecule has 0 aromatic carbocycles. The van der Waals surface area contributed by atoms with Crippen LogP contribution in [-0.4, -0.2) is 71.7 Å². The van der Waals surface area contributed by atoms with E-state index in [0.717, 1.165) is 12.8 Å². The number of fused-ring (bicyclic) bond motifs is 1. The number of hydrogen-bond donors (Lipinski definition) is 5. The summed E-state index contributed by atoms with van der Waals surface area (Å²) < 4.78 is 6.96. The molecule has 3 rings (SSSR count). The lowest BCUT2D eigenvalue weighted by atomic mass is 10.0. The topological polar surface area (TPSA) is 169 Å². The second-order valence-electron chi connectivity index (χ2n) is 6.14. The van der Waals surface area contributed by atoms with Gasteiger partial charge in [-0.1, -0.05) is 13.3 Å². The van der Waals surface area contributed by atoms with Gasteiger partial charge in [-0.2, -0.15) is 0 Å². The van der Waals surface area contributed by atoms with E-state index in [2.05, 4.69) is 20.3 Å². The summed E-state index contributed by atoms with van der Waals surface area (Å²) >= 11 is 0. The molecule has 11 heteroatoms. The van der Waals surface area contributed by atoms with Crippen LogP contribution in [0.1, 0.15) is 26.0 Å². The summed E-state index contributed by atoms with van der Waals surface area (Å²) in [5, 5.41) is 33.3. The minimum atomic E-state index is -1.63. The predicted molar refractivity (Wildman–Crippen MR) is 89.6 cm³/mol. The van der Waals surface area contributed by atoms with Crippen LogP contribution < -0.4 is 11.1 Å². The van der Waals surface area contributed by atoms with E-state index < -0.39 is 36.6 Å². The van der Waals surface area contributed by atoms with Crippen LogP contribution in [-0.2, 0) is 9.53 Å². The molecule has 1 aliphatic heterocycles. The number of ether oxygens (including phenoxy) is 1. The first-order chi connectivity index (χ1) is 12.5. The Morgan fingerprint density at radius 1 is 1.38 bits per heavy atom. The van der Waals surface area contributed by atoms with Crippen LogP contribution in [0.25, 0.3) is 11.2 Å². The number of nitrogens with one attached hydrogen (secondary N) is 1. The van der Waals surface area contributed by atoms with Crippen LogP contribution in [0.5, 0.6) is 0 Å². The molecule has 5 atom stereocenters. The quantitative estimate of drug-likeness (QED) is 0.374. The number of aliphatic hydroxyl groups is 3. The molecule has 0 spiro atoms. The summed E-state index contributed by atoms with van der Waals surface area (Å²) in [6.07, 6.45) is -2.65. The van der Waals surface area contributed by atoms with Crippen LogP contribution in [0.3, 0.4) is 0 Å². The molecule has 1 unspecified atom stereocenters. The number of nitrogen functional groups attached to an aromatic ring is 1. The van der Waals surface area contributed by atoms with E-state index in [1.807, 2.05) is 6.92 Å². The fourth-order valence-corrected chi connectivity index (χ4v) is 2.87. The third kappa shape index (κ3) is 3.21. The normalized spacial score (nSPS) is 26.9. The van der Waals surface area contributed by atoms with Gasteiger partial charge >= 0.3 is 0 Å². The second kappa shape index (κ2) is 7.50. The molecule has 1 saturated heterocycles. The van der Waals surface area contributed by atoms with Crippen molar-refractivity contribution in [3.63, 3.8) is 0 Å². The van der Waals surface area contributed by atoms with Crippen molar-refractivity contribution in [1.29, 1.82) is 0 Å². The van der Waals surface area contributed by atoms with Crippen molar-refractivity contribution in [2.24, 2.45) is 0 Å². The maximum Gasteiger partial charge on any atom is 0.251 e. The maximum atomic E-state index is 12.0. The van der Waals surface area contributed by atoms with Crippen molar-refractivity contribution >= 4 is 22.9 Å². The van der Waals surface area contributed by atoms with E-state index in [1.54, 1.807) is 0 Å². The number of nitrogens with zero attached hydrogens (tertiary/aromatic N) is 4. The molecule has 11 nitrogen and oxygen atoms in total. The van der Waals surface area contributed by atoms with Crippen molar-refractivity contribution in [3.8, 4) is 0 Å². The van der Waals surface area contributed by atoms with E-state index in [4.69, 9.17) is 10.5 Å². The molecule has 1 amide bonds. The SMILES string of the molecule is CCCCNC(=O)C(O)[C@H]1O[C@@H](n2cnc3c(N)ncnc32)[C@H](O)[C@@H]1O. The maximum absolute atomic E-state index is 12.0. The third-order valence-electron chi connectivity index (χ3n) is 4.35. The molecule has 2 aromatic heterocycles. The Kier molecular flexibility index (Phi) is 5.32. The van der Waals surface area contributed by atoms with Crippen molar-refractivity contribution in [2.75, 3.05) is 12.3 Å². The Bertz CT molecular complexity index is 783. The van der Waals surface area contributed by atoms with E-state index in [1.165, 1.54) is 17.2 Å². The Labute approximate surface area is 148 Å². The fourth-order valence-electron chi connectivity index (χ4n) is 2.87. The summed E-state index contributed by atoms with van der Waals surface area (Å²) in [7, 11) is 0. The number of unbranched alkanes of at least 4 members (excludes halogenated alkanes) is 1. The number of anilines is 1. The minimum Gasteiger partial charge on any atom is -0.387 e. The van der Waals surface area contributed by atoms with E-state index in [0.29, 0.717) is 17.7 Å². The lowest BCUT2D eigenvalue weighted by molar-refractivity contribution is -0.143. The number of imidazole rings is 1. The molecule has 26 heavy (non-hydrogen) atoms. The molecular formula is C15H22N6O5. The lowest BCUT2D eigenvalue weighted by Gasteiger charge is -2.20. The molecule has 0 radical (unpaired) electrons. The predicted octanol–water partition coefficient (Wildman–Crippen LogP) is -1.70. The highest BCUT2D eigenvalue weighted by Gasteiger charge is 2.49. The first-order valence-corrected chi connectivity index (χ1v) is 8.36. The molecule has 0 aliphatic carbocycles. The Balaban J connectivity index is 1.79. The van der Waals surface area contributed by atoms with Crippen molar-refractivity contribution in [2.45, 2.75) is 50.4 Å². The standard InChI is InChI=1S/C15H22N6O5/c1-2-3-4-17-14(25)10(24)11-8(22)9(23)15(26-11)21-6-20-7-12(16)18-5-19-13(7)21/h5-6,8-11,15,22-24H,2-4H2,1H3,(H,17,25)(H2,16,18,19)/t8-,9+,10?,11-,15+/m0/s1. The molecule has 2 aromatic rings. The van der Waals surface area contributed by atoms with Crippen molar-refractivity contribution in [3.05, 3.63) is 12.7 Å². The monoisotopic (exact) mass is 366 g/mol. The first-order valence-electron chi connectivity index (χ1n) is 8.36. The van der Waals surface area contributed by atoms with Gasteiger partial charge in [0.05, 0.1) is 6.33 Å². The van der Waals surface area contributed by atoms with Crippen LogP contribution in [0.4, 0.5) is 5.82 Å². The zero-order valence-electron chi connectivity index (χ0n) is 14.2. The smallest absolute Gasteiger partial charge is 0.251 e. The number of amides is 1. The second-order valence-corrected chi connectivity index (χ2v) is 6.14. The molecule has 0 bridgehead atoms. The minimum absolute atomic E-state index is 0.161. The van der Waals surface area contributed by atoms with Crippen molar-refractivity contribution < 1.29 is 24.9 Å². The van der Waals surface area contributed by atoms with Gasteiger partial charge in [0, 0.05) is 6.54 Å². The van der Waals surface area contributed by atoms with Gasteiger partial charge < -0.3 is 31.1 Å². The van der Waals surface area contributed by atoms with Gasteiger partial charge in [0.1, 0.15) is 30.2 Å². The average molecular weight is 366 g/mol. The van der Waals surface area contributed by atoms with Crippen LogP contribution in [0.15, 0.2) is 12.7 Å². The Hall–Kier alpha value is -2.34. The van der Waals surface area contributed by atoms with Crippen LogP contribution >= 0.6 is 0 Å². The number of nitrogens with two attached hydrogens (primary N) is 1. The number of rotatable bonds is 6. The number of hydrogen-bond acceptors (Lipinski definition) is 9. The summed E-state index contributed by atoms with van der Waals surface area (Å²) in [6.45, 7) is 2.38. The molecule has 0 saturated carbocycles. The van der Waals surface area contributed by atoms with Crippen LogP contribution in [0.2, 0.25) is 0 Å². The zero-order valence-corrected chi connectivity index (χ0v) is 14.2. The first kappa shape index (κ1) is 18.5. The number of carbonyl (C=O) groups is 1. The van der Waals surface area contributed by atoms with Gasteiger partial charge in [0.2, 0.25) is 0 Å². The Morgan fingerprint density at radius 3 is 2.88 bits per heavy atom. The highest BCUT2D eigenvalue weighted by Crippen LogP contribution is 2.33. The van der Waals surface area contributed by atoms with Crippen molar-refractivity contribution in [1.82, 2.24) is 24.8 Å². The molecule has 3 heterocycles. The average Bonchev–Trinajstić information content (AvgIpc) is 3.18. The zero-order chi connectivity index (χ0) is 18.8. The summed E-state index contributed by atoms with van der Waals surface area (Å²) in [5.41, 5.74) is 6.35. The number of carbonyl (C=O) groups excluding carboxylic acids is 1. The summed E-state index contributed by atoms with van der Waals surface area (Å²) in [4.78, 5) is 24.0. The van der Waals surface area contributed by atoms with Gasteiger partial charge in [-0.25, -0.2) is 15.0 Å². The molecule has 1 aliphatic rings. The molecule has 142 valence electrons. The van der Waals surface area contributed by atoms with Gasteiger partial charge in [-0.15, -0.1) is 0 Å². The number of aliphatic hydroxyl groups excluding tert-OH is 3. The Morgan fingerprint density at radius 2 is 2.15 bits per heavy atom. The van der Waals surface area contributed by atoms with Gasteiger partial charge in [-0.3, -0.25) is 9.36 Å². The molecule has 1 fully saturated rings. The van der Waals surface area contributed by atoms with Gasteiger partial charge in [0.25, 0.3) is 5.91 Å². The highest BCUT2D eigenvalue weighted by atomic mass is 16.6. The van der Waals surface area contributed by atoms with Gasteiger partial charge in [0.15, 0.2) is 23.8 Å². The largest absolute Gasteiger partial charge is 0.387 e. The van der Waals surface area contributed by atoms with Crippen LogP contribution in [0, 0.1) is 0 Å². The highest BCUT2D eigenvalue weighted by molar-refractivity contribution is 5.82. The lowest BCUT2D eigenvalue weighted by Crippen LogP contribution is -2.47. The van der Waals surface area contributed by atoms with E-state index >= 15 is 0 Å². The summed E-state index contributed by atoms with van der Waals surface area (Å²) in [6, 6.07) is 0. The van der Waals surface area contributed by atoms with Gasteiger partial charge in [-0.05, 0) is 6.42 Å². The number of aromatic nitrogens is 4. The molecule has 6 N–H and O–H groups in total. The third-order valence-corrected chi connectivity index (χ3v) is 4.35.